The molecule has 0 saturated carbocycles. The van der Waals surface area contributed by atoms with E-state index in [1.807, 2.05) is 19.1 Å². The Bertz CT molecular complexity index is 870. The average molecular weight is 372 g/mol. The Hall–Kier alpha value is -2.34. The zero-order valence-corrected chi connectivity index (χ0v) is 15.8. The van der Waals surface area contributed by atoms with E-state index >= 15 is 0 Å². The third-order valence-electron chi connectivity index (χ3n) is 4.65. The zero-order chi connectivity index (χ0) is 18.6. The van der Waals surface area contributed by atoms with Crippen LogP contribution < -0.4 is 4.72 Å². The van der Waals surface area contributed by atoms with Crippen LogP contribution in [0.25, 0.3) is 0 Å². The van der Waals surface area contributed by atoms with Crippen molar-refractivity contribution in [2.45, 2.75) is 37.5 Å². The Morgan fingerprint density at radius 3 is 2.38 bits per heavy atom. The number of likely N-dealkylation sites (tertiary alicyclic amines) is 1. The number of nitrogens with one attached hydrogen (secondary N) is 1. The maximum Gasteiger partial charge on any atom is 0.261 e. The van der Waals surface area contributed by atoms with Crippen LogP contribution in [-0.2, 0) is 16.4 Å². The molecule has 5 nitrogen and oxygen atoms in total. The van der Waals surface area contributed by atoms with Gasteiger partial charge in [0.2, 0.25) is 0 Å². The van der Waals surface area contributed by atoms with Gasteiger partial charge in [-0.3, -0.25) is 9.52 Å². The van der Waals surface area contributed by atoms with Gasteiger partial charge in [-0.1, -0.05) is 25.1 Å². The Balaban J connectivity index is 1.80. The lowest BCUT2D eigenvalue weighted by Gasteiger charge is -2.26. The first kappa shape index (κ1) is 18.5. The number of sulfonamides is 1. The molecule has 2 aromatic carbocycles. The van der Waals surface area contributed by atoms with Gasteiger partial charge in [0.25, 0.3) is 15.9 Å². The van der Waals surface area contributed by atoms with Crippen molar-refractivity contribution in [3.63, 3.8) is 0 Å². The summed E-state index contributed by atoms with van der Waals surface area (Å²) >= 11 is 0. The number of hydrogen-bond donors (Lipinski definition) is 1. The van der Waals surface area contributed by atoms with Crippen LogP contribution in [-0.4, -0.2) is 32.3 Å². The molecule has 138 valence electrons. The lowest BCUT2D eigenvalue weighted by Crippen LogP contribution is -2.35. The summed E-state index contributed by atoms with van der Waals surface area (Å²) in [5.41, 5.74) is 2.06. The number of nitrogens with zero attached hydrogens (tertiary/aromatic N) is 1. The van der Waals surface area contributed by atoms with Crippen molar-refractivity contribution in [2.24, 2.45) is 0 Å². The number of carbonyl (C=O) groups excluding carboxylic acids is 1. The van der Waals surface area contributed by atoms with E-state index in [-0.39, 0.29) is 10.8 Å². The Labute approximate surface area is 155 Å². The van der Waals surface area contributed by atoms with E-state index in [0.29, 0.717) is 11.3 Å². The minimum absolute atomic E-state index is 0.0972. The van der Waals surface area contributed by atoms with E-state index in [1.165, 1.54) is 12.1 Å². The topological polar surface area (TPSA) is 66.5 Å². The molecular formula is C20H24N2O3S. The molecule has 0 spiro atoms. The average Bonchev–Trinajstić information content (AvgIpc) is 2.68. The number of carbonyl (C=O) groups is 1. The summed E-state index contributed by atoms with van der Waals surface area (Å²) in [6.07, 6.45) is 4.03. The van der Waals surface area contributed by atoms with Crippen LogP contribution in [0.3, 0.4) is 0 Å². The number of piperidine rings is 1. The van der Waals surface area contributed by atoms with Crippen molar-refractivity contribution >= 4 is 21.6 Å². The predicted molar refractivity (Wildman–Crippen MR) is 103 cm³/mol. The largest absolute Gasteiger partial charge is 0.339 e. The highest BCUT2D eigenvalue weighted by atomic mass is 32.2. The molecule has 1 aliphatic rings. The highest BCUT2D eigenvalue weighted by molar-refractivity contribution is 7.92. The third kappa shape index (κ3) is 4.25. The second-order valence-corrected chi connectivity index (χ2v) is 8.22. The first-order chi connectivity index (χ1) is 12.5. The van der Waals surface area contributed by atoms with Crippen LogP contribution in [0.2, 0.25) is 0 Å². The molecule has 1 saturated heterocycles. The Morgan fingerprint density at radius 1 is 1.04 bits per heavy atom. The molecule has 1 N–H and O–H groups in total. The standard InChI is InChI=1S/C20H24N2O3S/c1-2-16-9-11-18(12-10-16)21-26(24,25)19-8-6-7-17(15-19)20(23)22-13-4-3-5-14-22/h6-12,15,21H,2-5,13-14H2,1H3. The molecular weight excluding hydrogens is 348 g/mol. The molecule has 0 atom stereocenters. The molecule has 0 unspecified atom stereocenters. The molecule has 0 bridgehead atoms. The maximum absolute atomic E-state index is 12.7. The smallest absolute Gasteiger partial charge is 0.261 e. The number of hydrogen-bond acceptors (Lipinski definition) is 3. The first-order valence-electron chi connectivity index (χ1n) is 9.01. The summed E-state index contributed by atoms with van der Waals surface area (Å²) < 4.78 is 27.9. The fourth-order valence-electron chi connectivity index (χ4n) is 3.10. The Kier molecular flexibility index (Phi) is 5.61. The molecule has 1 heterocycles. The molecule has 1 aliphatic heterocycles. The van der Waals surface area contributed by atoms with Gasteiger partial charge >= 0.3 is 0 Å². The molecule has 3 rings (SSSR count). The highest BCUT2D eigenvalue weighted by Crippen LogP contribution is 2.20. The highest BCUT2D eigenvalue weighted by Gasteiger charge is 2.21. The molecule has 1 amide bonds. The first-order valence-corrected chi connectivity index (χ1v) is 10.5. The fourth-order valence-corrected chi connectivity index (χ4v) is 4.20. The molecule has 0 radical (unpaired) electrons. The van der Waals surface area contributed by atoms with Crippen molar-refractivity contribution < 1.29 is 13.2 Å². The van der Waals surface area contributed by atoms with Crippen molar-refractivity contribution in [3.8, 4) is 0 Å². The van der Waals surface area contributed by atoms with E-state index in [4.69, 9.17) is 0 Å². The lowest BCUT2D eigenvalue weighted by atomic mass is 10.1. The van der Waals surface area contributed by atoms with Crippen LogP contribution in [0.1, 0.15) is 42.1 Å². The van der Waals surface area contributed by atoms with Gasteiger partial charge in [-0.05, 0) is 61.6 Å². The van der Waals surface area contributed by atoms with Crippen molar-refractivity contribution in [2.75, 3.05) is 17.8 Å². The summed E-state index contributed by atoms with van der Waals surface area (Å²) in [7, 11) is -3.74. The van der Waals surface area contributed by atoms with Crippen LogP contribution >= 0.6 is 0 Å². The van der Waals surface area contributed by atoms with E-state index in [1.54, 1.807) is 29.2 Å². The molecule has 26 heavy (non-hydrogen) atoms. The molecule has 6 heteroatoms. The zero-order valence-electron chi connectivity index (χ0n) is 14.9. The number of aryl methyl sites for hydroxylation is 1. The van der Waals surface area contributed by atoms with Crippen molar-refractivity contribution in [3.05, 3.63) is 59.7 Å². The van der Waals surface area contributed by atoms with Gasteiger partial charge in [0, 0.05) is 24.3 Å². The van der Waals surface area contributed by atoms with E-state index in [9.17, 15) is 13.2 Å². The van der Waals surface area contributed by atoms with E-state index < -0.39 is 10.0 Å². The van der Waals surface area contributed by atoms with Gasteiger partial charge in [-0.2, -0.15) is 0 Å². The van der Waals surface area contributed by atoms with Gasteiger partial charge in [-0.15, -0.1) is 0 Å². The monoisotopic (exact) mass is 372 g/mol. The molecule has 0 aliphatic carbocycles. The van der Waals surface area contributed by atoms with Gasteiger partial charge in [-0.25, -0.2) is 8.42 Å². The second kappa shape index (κ2) is 7.91. The number of anilines is 1. The third-order valence-corrected chi connectivity index (χ3v) is 6.03. The van der Waals surface area contributed by atoms with Gasteiger partial charge in [0.05, 0.1) is 4.90 Å². The minimum atomic E-state index is -3.74. The molecule has 1 fully saturated rings. The Morgan fingerprint density at radius 2 is 1.73 bits per heavy atom. The maximum atomic E-state index is 12.7. The number of benzene rings is 2. The number of amides is 1. The summed E-state index contributed by atoms with van der Waals surface area (Å²) in [5.74, 6) is -0.103. The predicted octanol–water partition coefficient (Wildman–Crippen LogP) is 3.68. The lowest BCUT2D eigenvalue weighted by molar-refractivity contribution is 0.0724. The van der Waals surface area contributed by atoms with Crippen LogP contribution in [0.5, 0.6) is 0 Å². The SMILES string of the molecule is CCc1ccc(NS(=O)(=O)c2cccc(C(=O)N3CCCCC3)c2)cc1. The summed E-state index contributed by atoms with van der Waals surface area (Å²) in [6, 6.07) is 13.5. The quantitative estimate of drug-likeness (QED) is 0.871. The van der Waals surface area contributed by atoms with E-state index in [0.717, 1.165) is 44.3 Å². The second-order valence-electron chi connectivity index (χ2n) is 6.54. The summed E-state index contributed by atoms with van der Waals surface area (Å²) in [4.78, 5) is 14.5. The van der Waals surface area contributed by atoms with Crippen LogP contribution in [0, 0.1) is 0 Å². The minimum Gasteiger partial charge on any atom is -0.339 e. The van der Waals surface area contributed by atoms with Gasteiger partial charge < -0.3 is 4.90 Å². The fraction of sp³-hybridized carbons (Fsp3) is 0.350. The summed E-state index contributed by atoms with van der Waals surface area (Å²) in [6.45, 7) is 3.51. The van der Waals surface area contributed by atoms with Crippen molar-refractivity contribution in [1.29, 1.82) is 0 Å². The summed E-state index contributed by atoms with van der Waals surface area (Å²) in [5, 5.41) is 0. The van der Waals surface area contributed by atoms with Gasteiger partial charge in [0.15, 0.2) is 0 Å². The number of rotatable bonds is 5. The van der Waals surface area contributed by atoms with Crippen molar-refractivity contribution in [1.82, 2.24) is 4.90 Å². The molecule has 2 aromatic rings. The van der Waals surface area contributed by atoms with E-state index in [2.05, 4.69) is 4.72 Å². The van der Waals surface area contributed by atoms with Gasteiger partial charge in [0.1, 0.15) is 0 Å². The van der Waals surface area contributed by atoms with Crippen LogP contribution in [0.15, 0.2) is 53.4 Å². The van der Waals surface area contributed by atoms with Crippen LogP contribution in [0.4, 0.5) is 5.69 Å². The molecule has 0 aromatic heterocycles. The normalized spacial score (nSPS) is 14.9.